The second-order valence-electron chi connectivity index (χ2n) is 5.00. The van der Waals surface area contributed by atoms with Crippen LogP contribution >= 0.6 is 11.8 Å². The van der Waals surface area contributed by atoms with Crippen LogP contribution in [0.3, 0.4) is 0 Å². The molecule has 0 aliphatic rings. The van der Waals surface area contributed by atoms with E-state index >= 15 is 0 Å². The summed E-state index contributed by atoms with van der Waals surface area (Å²) in [6, 6.07) is 10.9. The maximum Gasteiger partial charge on any atom is 0.416 e. The predicted octanol–water partition coefficient (Wildman–Crippen LogP) is 4.12. The summed E-state index contributed by atoms with van der Waals surface area (Å²) in [5.74, 6) is -1.43. The SMILES string of the molecule is N#Cc1ccc(SCC(=O)NCc2ccc(F)cc2C(F)(F)F)cc1. The van der Waals surface area contributed by atoms with Gasteiger partial charge in [-0.25, -0.2) is 4.39 Å². The van der Waals surface area contributed by atoms with E-state index in [4.69, 9.17) is 5.26 Å². The fraction of sp³-hybridized carbons (Fsp3) is 0.176. The van der Waals surface area contributed by atoms with Crippen LogP contribution in [0.25, 0.3) is 0 Å². The fourth-order valence-corrected chi connectivity index (χ4v) is 2.71. The zero-order valence-electron chi connectivity index (χ0n) is 12.7. The first-order valence-corrected chi connectivity index (χ1v) is 8.03. The molecule has 0 saturated carbocycles. The highest BCUT2D eigenvalue weighted by Crippen LogP contribution is 2.32. The standard InChI is InChI=1S/C17H12F4N2OS/c18-13-4-3-12(15(7-13)17(19,20)21)9-23-16(24)10-25-14-5-1-11(8-22)2-6-14/h1-7H,9-10H2,(H,23,24). The van der Waals surface area contributed by atoms with Gasteiger partial charge in [-0.15, -0.1) is 11.8 Å². The van der Waals surface area contributed by atoms with Gasteiger partial charge in [-0.3, -0.25) is 4.79 Å². The molecular weight excluding hydrogens is 356 g/mol. The van der Waals surface area contributed by atoms with Crippen LogP contribution in [0.5, 0.6) is 0 Å². The summed E-state index contributed by atoms with van der Waals surface area (Å²) in [6.07, 6.45) is -4.70. The summed E-state index contributed by atoms with van der Waals surface area (Å²) in [5, 5.41) is 11.1. The molecule has 2 rings (SSSR count). The first kappa shape index (κ1) is 18.8. The van der Waals surface area contributed by atoms with Crippen LogP contribution in [0, 0.1) is 17.1 Å². The van der Waals surface area contributed by atoms with E-state index in [-0.39, 0.29) is 17.9 Å². The molecule has 0 saturated heterocycles. The van der Waals surface area contributed by atoms with Gasteiger partial charge in [-0.05, 0) is 42.0 Å². The highest BCUT2D eigenvalue weighted by molar-refractivity contribution is 8.00. The van der Waals surface area contributed by atoms with Crippen LogP contribution < -0.4 is 5.32 Å². The van der Waals surface area contributed by atoms with Gasteiger partial charge in [-0.2, -0.15) is 18.4 Å². The number of hydrogen-bond acceptors (Lipinski definition) is 3. The van der Waals surface area contributed by atoms with Crippen molar-refractivity contribution >= 4 is 17.7 Å². The number of thioether (sulfide) groups is 1. The molecule has 1 N–H and O–H groups in total. The molecule has 0 spiro atoms. The minimum Gasteiger partial charge on any atom is -0.351 e. The van der Waals surface area contributed by atoms with E-state index in [0.717, 1.165) is 17.0 Å². The van der Waals surface area contributed by atoms with Crippen LogP contribution in [0.15, 0.2) is 47.4 Å². The summed E-state index contributed by atoms with van der Waals surface area (Å²) in [6.45, 7) is -0.345. The second-order valence-corrected chi connectivity index (χ2v) is 6.05. The molecule has 1 amide bonds. The van der Waals surface area contributed by atoms with E-state index < -0.39 is 23.5 Å². The number of carbonyl (C=O) groups excluding carboxylic acids is 1. The van der Waals surface area contributed by atoms with Crippen molar-refractivity contribution in [3.8, 4) is 6.07 Å². The molecule has 0 atom stereocenters. The van der Waals surface area contributed by atoms with Gasteiger partial charge in [0.2, 0.25) is 5.91 Å². The third-order valence-corrected chi connectivity index (χ3v) is 4.22. The zero-order valence-corrected chi connectivity index (χ0v) is 13.5. The smallest absolute Gasteiger partial charge is 0.351 e. The average Bonchev–Trinajstić information content (AvgIpc) is 2.58. The number of hydrogen-bond donors (Lipinski definition) is 1. The Kier molecular flexibility index (Phi) is 6.04. The molecule has 25 heavy (non-hydrogen) atoms. The van der Waals surface area contributed by atoms with Gasteiger partial charge in [0, 0.05) is 11.4 Å². The van der Waals surface area contributed by atoms with Gasteiger partial charge in [-0.1, -0.05) is 6.07 Å². The lowest BCUT2D eigenvalue weighted by Crippen LogP contribution is -2.26. The van der Waals surface area contributed by atoms with Crippen LogP contribution in [-0.2, 0) is 17.5 Å². The lowest BCUT2D eigenvalue weighted by Gasteiger charge is -2.13. The van der Waals surface area contributed by atoms with E-state index in [0.29, 0.717) is 11.6 Å². The maximum atomic E-state index is 13.0. The topological polar surface area (TPSA) is 52.9 Å². The quantitative estimate of drug-likeness (QED) is 0.638. The third-order valence-electron chi connectivity index (χ3n) is 3.21. The van der Waals surface area contributed by atoms with Crippen molar-refractivity contribution in [3.05, 3.63) is 65.0 Å². The van der Waals surface area contributed by atoms with Gasteiger partial charge < -0.3 is 5.32 Å². The molecule has 2 aromatic rings. The lowest BCUT2D eigenvalue weighted by molar-refractivity contribution is -0.138. The molecule has 0 heterocycles. The van der Waals surface area contributed by atoms with Crippen molar-refractivity contribution in [2.75, 3.05) is 5.75 Å². The molecule has 0 bridgehead atoms. The van der Waals surface area contributed by atoms with Crippen molar-refractivity contribution in [1.82, 2.24) is 5.32 Å². The number of carbonyl (C=O) groups is 1. The normalized spacial score (nSPS) is 11.0. The largest absolute Gasteiger partial charge is 0.416 e. The van der Waals surface area contributed by atoms with Gasteiger partial charge in [0.05, 0.1) is 22.9 Å². The molecule has 0 radical (unpaired) electrons. The van der Waals surface area contributed by atoms with E-state index in [9.17, 15) is 22.4 Å². The maximum absolute atomic E-state index is 13.0. The zero-order chi connectivity index (χ0) is 18.4. The lowest BCUT2D eigenvalue weighted by atomic mass is 10.1. The third kappa shape index (κ3) is 5.50. The van der Waals surface area contributed by atoms with Crippen molar-refractivity contribution in [1.29, 1.82) is 5.26 Å². The van der Waals surface area contributed by atoms with Gasteiger partial charge in [0.15, 0.2) is 0 Å². The Morgan fingerprint density at radius 2 is 1.84 bits per heavy atom. The molecule has 0 aliphatic heterocycles. The Balaban J connectivity index is 1.93. The number of rotatable bonds is 5. The number of nitrogens with one attached hydrogen (secondary N) is 1. The summed E-state index contributed by atoms with van der Waals surface area (Å²) >= 11 is 1.19. The molecular formula is C17H12F4N2OS. The molecule has 0 aliphatic carbocycles. The van der Waals surface area contributed by atoms with E-state index in [1.165, 1.54) is 11.8 Å². The number of halogens is 4. The van der Waals surface area contributed by atoms with Crippen molar-refractivity contribution in [2.45, 2.75) is 17.6 Å². The summed E-state index contributed by atoms with van der Waals surface area (Å²) in [7, 11) is 0. The first-order valence-electron chi connectivity index (χ1n) is 7.05. The van der Waals surface area contributed by atoms with E-state index in [2.05, 4.69) is 5.32 Å². The second kappa shape index (κ2) is 8.03. The van der Waals surface area contributed by atoms with Crippen molar-refractivity contribution in [2.24, 2.45) is 0 Å². The van der Waals surface area contributed by atoms with E-state index in [1.54, 1.807) is 24.3 Å². The Morgan fingerprint density at radius 1 is 1.16 bits per heavy atom. The minimum absolute atomic E-state index is 0.00838. The van der Waals surface area contributed by atoms with Crippen LogP contribution in [-0.4, -0.2) is 11.7 Å². The van der Waals surface area contributed by atoms with Crippen molar-refractivity contribution in [3.63, 3.8) is 0 Å². The first-order chi connectivity index (χ1) is 11.8. The van der Waals surface area contributed by atoms with Crippen LogP contribution in [0.2, 0.25) is 0 Å². The van der Waals surface area contributed by atoms with Gasteiger partial charge >= 0.3 is 6.18 Å². The molecule has 8 heteroatoms. The highest BCUT2D eigenvalue weighted by Gasteiger charge is 2.33. The van der Waals surface area contributed by atoms with Crippen molar-refractivity contribution < 1.29 is 22.4 Å². The number of benzene rings is 2. The number of alkyl halides is 3. The Labute approximate surface area is 145 Å². The van der Waals surface area contributed by atoms with Crippen LogP contribution in [0.4, 0.5) is 17.6 Å². The summed E-state index contributed by atoms with van der Waals surface area (Å²) in [5.41, 5.74) is -0.817. The number of nitriles is 1. The van der Waals surface area contributed by atoms with Gasteiger partial charge in [0.1, 0.15) is 5.82 Å². The van der Waals surface area contributed by atoms with E-state index in [1.807, 2.05) is 6.07 Å². The minimum atomic E-state index is -4.70. The number of nitrogens with zero attached hydrogens (tertiary/aromatic N) is 1. The van der Waals surface area contributed by atoms with Crippen LogP contribution in [0.1, 0.15) is 16.7 Å². The summed E-state index contributed by atoms with van der Waals surface area (Å²) < 4.78 is 51.7. The molecule has 0 unspecified atom stereocenters. The number of amides is 1. The molecule has 130 valence electrons. The Morgan fingerprint density at radius 3 is 2.44 bits per heavy atom. The summed E-state index contributed by atoms with van der Waals surface area (Å²) in [4.78, 5) is 12.6. The Bertz CT molecular complexity index is 798. The fourth-order valence-electron chi connectivity index (χ4n) is 1.99. The molecule has 3 nitrogen and oxygen atoms in total. The monoisotopic (exact) mass is 368 g/mol. The molecule has 0 aromatic heterocycles. The van der Waals surface area contributed by atoms with Gasteiger partial charge in [0.25, 0.3) is 0 Å². The molecule has 0 fully saturated rings. The molecule has 2 aromatic carbocycles. The highest BCUT2D eigenvalue weighted by atomic mass is 32.2. The Hall–Kier alpha value is -2.53. The predicted molar refractivity (Wildman–Crippen MR) is 85.1 cm³/mol. The average molecular weight is 368 g/mol.